The highest BCUT2D eigenvalue weighted by molar-refractivity contribution is 6.41. The number of unbranched alkanes of at least 4 members (excludes halogenated alkanes) is 2. The van der Waals surface area contributed by atoms with Gasteiger partial charge in [0.25, 0.3) is 0 Å². The van der Waals surface area contributed by atoms with Crippen LogP contribution in [0.15, 0.2) is 0 Å². The van der Waals surface area contributed by atoms with Crippen LogP contribution in [-0.2, 0) is 9.59 Å². The van der Waals surface area contributed by atoms with E-state index in [2.05, 4.69) is 38.3 Å². The third-order valence-electron chi connectivity index (χ3n) is 8.76. The van der Waals surface area contributed by atoms with E-state index in [-0.39, 0.29) is 49.3 Å². The molecule has 2 fully saturated rings. The van der Waals surface area contributed by atoms with Crippen LogP contribution in [0, 0.1) is 23.7 Å². The molecule has 0 spiro atoms. The van der Waals surface area contributed by atoms with E-state index >= 15 is 0 Å². The molecule has 0 heterocycles. The second-order valence-corrected chi connectivity index (χ2v) is 13.5. The molecule has 0 aromatic rings. The molecule has 2 atom stereocenters. The van der Waals surface area contributed by atoms with Crippen molar-refractivity contribution < 1.29 is 39.9 Å². The molecule has 2 unspecified atom stereocenters. The molecule has 0 aromatic carbocycles. The SMILES string of the molecule is CC(C)CNC1CC(C(N)(CCCCB(O)O)C(=O)O)C1.CC(C)CNC1CC(C(N)(CCCCB(O)O)C(=O)O)C1.Cl.Cl. The highest BCUT2D eigenvalue weighted by Crippen LogP contribution is 2.39. The van der Waals surface area contributed by atoms with Gasteiger partial charge in [-0.2, -0.15) is 0 Å². The molecule has 0 bridgehead atoms. The van der Waals surface area contributed by atoms with Crippen LogP contribution in [0.5, 0.6) is 0 Å². The molecule has 2 aliphatic rings. The molecule has 260 valence electrons. The zero-order valence-electron chi connectivity index (χ0n) is 27.0. The minimum Gasteiger partial charge on any atom is -0.480 e. The van der Waals surface area contributed by atoms with Gasteiger partial charge in [0.1, 0.15) is 11.1 Å². The molecule has 2 rings (SSSR count). The molecular formula is C28H60B2Cl2N4O8. The van der Waals surface area contributed by atoms with E-state index in [9.17, 15) is 19.8 Å². The summed E-state index contributed by atoms with van der Waals surface area (Å²) < 4.78 is 0. The van der Waals surface area contributed by atoms with Gasteiger partial charge >= 0.3 is 26.2 Å². The maximum atomic E-state index is 11.5. The lowest BCUT2D eigenvalue weighted by Crippen LogP contribution is -2.61. The molecule has 2 saturated carbocycles. The Balaban J connectivity index is 0. The fraction of sp³-hybridized carbons (Fsp3) is 0.929. The number of rotatable bonds is 20. The summed E-state index contributed by atoms with van der Waals surface area (Å²) in [6.45, 7) is 10.5. The molecule has 0 aliphatic heterocycles. The van der Waals surface area contributed by atoms with Crippen LogP contribution >= 0.6 is 24.8 Å². The highest BCUT2D eigenvalue weighted by atomic mass is 35.5. The van der Waals surface area contributed by atoms with Gasteiger partial charge in [0.2, 0.25) is 0 Å². The van der Waals surface area contributed by atoms with Crippen LogP contribution < -0.4 is 22.1 Å². The van der Waals surface area contributed by atoms with E-state index in [1.165, 1.54) is 0 Å². The standard InChI is InChI=1S/2C14H29BN2O4.2ClH/c2*1-10(2)9-17-12-7-11(8-12)14(16,13(18)19)5-3-4-6-15(20)21;;/h2*10-12,17,20-21H,3-9,16H2,1-2H3,(H,18,19);2*1H. The molecule has 12 nitrogen and oxygen atoms in total. The summed E-state index contributed by atoms with van der Waals surface area (Å²) in [6.07, 6.45) is 6.86. The first kappa shape index (κ1) is 45.5. The number of carbonyl (C=O) groups is 2. The number of halogens is 2. The van der Waals surface area contributed by atoms with E-state index < -0.39 is 37.3 Å². The molecule has 44 heavy (non-hydrogen) atoms. The van der Waals surface area contributed by atoms with Crippen LogP contribution in [0.25, 0.3) is 0 Å². The van der Waals surface area contributed by atoms with Crippen molar-refractivity contribution in [3.8, 4) is 0 Å². The average molecular weight is 673 g/mol. The fourth-order valence-electron chi connectivity index (χ4n) is 5.68. The third kappa shape index (κ3) is 15.8. The monoisotopic (exact) mass is 672 g/mol. The predicted molar refractivity (Wildman–Crippen MR) is 180 cm³/mol. The van der Waals surface area contributed by atoms with Crippen molar-refractivity contribution in [2.24, 2.45) is 35.1 Å². The van der Waals surface area contributed by atoms with Crippen LogP contribution in [0.3, 0.4) is 0 Å². The van der Waals surface area contributed by atoms with Crippen molar-refractivity contribution in [1.29, 1.82) is 0 Å². The summed E-state index contributed by atoms with van der Waals surface area (Å²) in [5.41, 5.74) is 9.89. The maximum Gasteiger partial charge on any atom is 0.451 e. The Kier molecular flexibility index (Phi) is 22.7. The number of carboxylic acid groups (broad SMARTS) is 2. The predicted octanol–water partition coefficient (Wildman–Crippen LogP) is 1.72. The van der Waals surface area contributed by atoms with Crippen LogP contribution in [0.1, 0.15) is 91.9 Å². The zero-order valence-corrected chi connectivity index (χ0v) is 28.6. The van der Waals surface area contributed by atoms with E-state index in [0.717, 1.165) is 38.8 Å². The summed E-state index contributed by atoms with van der Waals surface area (Å²) in [5.74, 6) is -0.733. The van der Waals surface area contributed by atoms with E-state index in [1.54, 1.807) is 0 Å². The summed E-state index contributed by atoms with van der Waals surface area (Å²) in [6, 6.07) is 0.748. The molecule has 0 radical (unpaired) electrons. The van der Waals surface area contributed by atoms with E-state index in [1.807, 2.05) is 0 Å². The van der Waals surface area contributed by atoms with Gasteiger partial charge in [0, 0.05) is 12.1 Å². The van der Waals surface area contributed by atoms with E-state index in [4.69, 9.17) is 31.6 Å². The number of aliphatic carboxylic acids is 2. The Morgan fingerprint density at radius 1 is 0.682 bits per heavy atom. The summed E-state index contributed by atoms with van der Waals surface area (Å²) in [5, 5.41) is 60.9. The number of hydrogen-bond donors (Lipinski definition) is 10. The summed E-state index contributed by atoms with van der Waals surface area (Å²) in [7, 11) is -2.65. The molecular weight excluding hydrogens is 613 g/mol. The van der Waals surface area contributed by atoms with Gasteiger partial charge in [-0.1, -0.05) is 53.4 Å². The number of carboxylic acids is 2. The lowest BCUT2D eigenvalue weighted by Gasteiger charge is -2.45. The van der Waals surface area contributed by atoms with E-state index in [0.29, 0.717) is 62.4 Å². The van der Waals surface area contributed by atoms with Gasteiger partial charge in [0.05, 0.1) is 0 Å². The number of nitrogens with two attached hydrogens (primary N) is 2. The Bertz CT molecular complexity index is 746. The quantitative estimate of drug-likeness (QED) is 0.0658. The van der Waals surface area contributed by atoms with Gasteiger partial charge in [-0.05, 0) is 87.9 Å². The minimum absolute atomic E-state index is 0. The van der Waals surface area contributed by atoms with Gasteiger partial charge < -0.3 is 52.4 Å². The lowest BCUT2D eigenvalue weighted by atomic mass is 9.66. The topological polar surface area (TPSA) is 232 Å². The van der Waals surface area contributed by atoms with Crippen molar-refractivity contribution in [2.75, 3.05) is 13.1 Å². The Morgan fingerprint density at radius 2 is 0.977 bits per heavy atom. The molecule has 0 saturated heterocycles. The highest BCUT2D eigenvalue weighted by Gasteiger charge is 2.49. The van der Waals surface area contributed by atoms with Gasteiger partial charge in [-0.3, -0.25) is 9.59 Å². The van der Waals surface area contributed by atoms with Crippen molar-refractivity contribution in [1.82, 2.24) is 10.6 Å². The average Bonchev–Trinajstić information content (AvgIpc) is 2.82. The number of nitrogens with one attached hydrogen (secondary N) is 2. The molecule has 16 heteroatoms. The molecule has 2 aliphatic carbocycles. The lowest BCUT2D eigenvalue weighted by molar-refractivity contribution is -0.149. The first-order valence-corrected chi connectivity index (χ1v) is 15.7. The zero-order chi connectivity index (χ0) is 32.1. The van der Waals surface area contributed by atoms with Crippen molar-refractivity contribution >= 4 is 51.0 Å². The van der Waals surface area contributed by atoms with Gasteiger partial charge in [-0.25, -0.2) is 0 Å². The Morgan fingerprint density at radius 3 is 1.20 bits per heavy atom. The maximum absolute atomic E-state index is 11.5. The van der Waals surface area contributed by atoms with Crippen LogP contribution in [-0.4, -0.2) is 92.7 Å². The molecule has 0 aromatic heterocycles. The molecule has 0 amide bonds. The fourth-order valence-corrected chi connectivity index (χ4v) is 5.68. The van der Waals surface area contributed by atoms with Crippen LogP contribution in [0.2, 0.25) is 12.6 Å². The second kappa shape index (κ2) is 22.0. The summed E-state index contributed by atoms with van der Waals surface area (Å²) >= 11 is 0. The third-order valence-corrected chi connectivity index (χ3v) is 8.76. The second-order valence-electron chi connectivity index (χ2n) is 13.5. The first-order chi connectivity index (χ1) is 19.5. The van der Waals surface area contributed by atoms with Gasteiger partial charge in [0.15, 0.2) is 0 Å². The molecule has 12 N–H and O–H groups in total. The smallest absolute Gasteiger partial charge is 0.451 e. The van der Waals surface area contributed by atoms with Gasteiger partial charge in [-0.15, -0.1) is 24.8 Å². The Hall–Kier alpha value is -0.670. The Labute approximate surface area is 277 Å². The van der Waals surface area contributed by atoms with Crippen LogP contribution in [0.4, 0.5) is 0 Å². The first-order valence-electron chi connectivity index (χ1n) is 15.7. The number of hydrogen-bond acceptors (Lipinski definition) is 10. The normalized spacial score (nSPS) is 23.4. The largest absolute Gasteiger partial charge is 0.480 e. The minimum atomic E-state index is -1.32. The van der Waals surface area contributed by atoms with Crippen molar-refractivity contribution in [2.45, 2.75) is 128 Å². The van der Waals surface area contributed by atoms with Crippen molar-refractivity contribution in [3.63, 3.8) is 0 Å². The summed E-state index contributed by atoms with van der Waals surface area (Å²) in [4.78, 5) is 23.0. The van der Waals surface area contributed by atoms with Crippen molar-refractivity contribution in [3.05, 3.63) is 0 Å².